The molecule has 0 saturated carbocycles. The van der Waals surface area contributed by atoms with Gasteiger partial charge in [0.25, 0.3) is 0 Å². The number of halogens is 1. The van der Waals surface area contributed by atoms with Gasteiger partial charge in [0, 0.05) is 11.1 Å². The molecule has 0 aliphatic heterocycles. The van der Waals surface area contributed by atoms with E-state index in [0.717, 1.165) is 11.4 Å². The Morgan fingerprint density at radius 1 is 0.950 bits per heavy atom. The zero-order chi connectivity index (χ0) is 14.7. The molecule has 2 heteroatoms. The number of benzene rings is 2. The molecule has 0 fully saturated rings. The highest BCUT2D eigenvalue weighted by molar-refractivity contribution is 6.30. The van der Waals surface area contributed by atoms with Gasteiger partial charge in [0.2, 0.25) is 0 Å². The second-order valence-electron chi connectivity index (χ2n) is 5.46. The third-order valence-electron chi connectivity index (χ3n) is 3.98. The fourth-order valence-corrected chi connectivity index (χ4v) is 2.70. The van der Waals surface area contributed by atoms with E-state index in [1.165, 1.54) is 27.8 Å². The van der Waals surface area contributed by atoms with Crippen molar-refractivity contribution in [3.63, 3.8) is 0 Å². The molecule has 0 amide bonds. The third kappa shape index (κ3) is 3.41. The Morgan fingerprint density at radius 2 is 1.65 bits per heavy atom. The molecular weight excluding hydrogens is 266 g/mol. The van der Waals surface area contributed by atoms with Gasteiger partial charge in [0.15, 0.2) is 0 Å². The van der Waals surface area contributed by atoms with Crippen molar-refractivity contribution in [3.05, 3.63) is 69.2 Å². The lowest BCUT2D eigenvalue weighted by Gasteiger charge is -2.20. The summed E-state index contributed by atoms with van der Waals surface area (Å²) in [7, 11) is 2.01. The van der Waals surface area contributed by atoms with Gasteiger partial charge in [0.1, 0.15) is 0 Å². The summed E-state index contributed by atoms with van der Waals surface area (Å²) in [6.07, 6.45) is 0.971. The lowest BCUT2D eigenvalue weighted by atomic mass is 9.94. The molecule has 1 unspecified atom stereocenters. The number of aryl methyl sites for hydroxylation is 3. The Balaban J connectivity index is 2.28. The molecule has 0 aliphatic carbocycles. The zero-order valence-electron chi connectivity index (χ0n) is 12.6. The van der Waals surface area contributed by atoms with Crippen LogP contribution in [0.25, 0.3) is 0 Å². The van der Waals surface area contributed by atoms with Gasteiger partial charge >= 0.3 is 0 Å². The van der Waals surface area contributed by atoms with E-state index >= 15 is 0 Å². The van der Waals surface area contributed by atoms with Crippen molar-refractivity contribution < 1.29 is 0 Å². The monoisotopic (exact) mass is 287 g/mol. The molecule has 1 atom stereocenters. The predicted octanol–water partition coefficient (Wildman–Crippen LogP) is 4.77. The fourth-order valence-electron chi connectivity index (χ4n) is 2.52. The molecule has 2 aromatic rings. The number of hydrogen-bond donors (Lipinski definition) is 1. The fraction of sp³-hybridized carbons (Fsp3) is 0.333. The van der Waals surface area contributed by atoms with Crippen LogP contribution in [0.2, 0.25) is 5.02 Å². The Morgan fingerprint density at radius 3 is 2.30 bits per heavy atom. The summed E-state index contributed by atoms with van der Waals surface area (Å²) >= 11 is 6.14. The second kappa shape index (κ2) is 6.43. The number of likely N-dealkylation sites (N-methyl/N-ethyl adjacent to an activating group) is 1. The summed E-state index contributed by atoms with van der Waals surface area (Å²) in [4.78, 5) is 0. The number of rotatable bonds is 4. The maximum atomic E-state index is 6.14. The third-order valence-corrected chi connectivity index (χ3v) is 4.21. The Hall–Kier alpha value is -1.31. The van der Waals surface area contributed by atoms with Crippen molar-refractivity contribution in [2.75, 3.05) is 7.05 Å². The summed E-state index contributed by atoms with van der Waals surface area (Å²) in [5.74, 6) is 0. The van der Waals surface area contributed by atoms with E-state index in [1.54, 1.807) is 0 Å². The van der Waals surface area contributed by atoms with Crippen molar-refractivity contribution in [3.8, 4) is 0 Å². The van der Waals surface area contributed by atoms with Crippen molar-refractivity contribution in [2.45, 2.75) is 33.2 Å². The van der Waals surface area contributed by atoms with E-state index in [4.69, 9.17) is 11.6 Å². The van der Waals surface area contributed by atoms with Crippen molar-refractivity contribution in [2.24, 2.45) is 0 Å². The maximum absolute atomic E-state index is 6.14. The van der Waals surface area contributed by atoms with Crippen molar-refractivity contribution >= 4 is 11.6 Å². The Labute approximate surface area is 127 Å². The van der Waals surface area contributed by atoms with E-state index in [2.05, 4.69) is 56.4 Å². The van der Waals surface area contributed by atoms with Crippen LogP contribution in [0.15, 0.2) is 36.4 Å². The first-order valence-electron chi connectivity index (χ1n) is 7.00. The zero-order valence-corrected chi connectivity index (χ0v) is 13.4. The van der Waals surface area contributed by atoms with Crippen LogP contribution in [0.1, 0.15) is 33.9 Å². The van der Waals surface area contributed by atoms with Crippen LogP contribution in [0, 0.1) is 20.8 Å². The van der Waals surface area contributed by atoms with Crippen LogP contribution in [0.5, 0.6) is 0 Å². The highest BCUT2D eigenvalue weighted by atomic mass is 35.5. The van der Waals surface area contributed by atoms with E-state index in [1.807, 2.05) is 13.1 Å². The summed E-state index contributed by atoms with van der Waals surface area (Å²) in [5.41, 5.74) is 6.59. The molecule has 0 aliphatic rings. The molecule has 20 heavy (non-hydrogen) atoms. The summed E-state index contributed by atoms with van der Waals surface area (Å²) in [5, 5.41) is 4.21. The summed E-state index contributed by atoms with van der Waals surface area (Å²) in [6, 6.07) is 13.1. The highest BCUT2D eigenvalue weighted by Gasteiger charge is 2.13. The SMILES string of the molecule is CNC(Cc1ccc(C)c(C)c1)c1cc(Cl)ccc1C. The minimum Gasteiger partial charge on any atom is -0.313 e. The van der Waals surface area contributed by atoms with Crippen LogP contribution in [-0.2, 0) is 6.42 Å². The Kier molecular flexibility index (Phi) is 4.85. The summed E-state index contributed by atoms with van der Waals surface area (Å²) in [6.45, 7) is 6.45. The van der Waals surface area contributed by atoms with Gasteiger partial charge in [-0.2, -0.15) is 0 Å². The first kappa shape index (κ1) is 15.1. The van der Waals surface area contributed by atoms with E-state index in [0.29, 0.717) is 0 Å². The van der Waals surface area contributed by atoms with Gasteiger partial charge in [-0.3, -0.25) is 0 Å². The lowest BCUT2D eigenvalue weighted by molar-refractivity contribution is 0.589. The average Bonchev–Trinajstić information content (AvgIpc) is 2.43. The molecule has 106 valence electrons. The molecule has 0 aromatic heterocycles. The molecule has 0 spiro atoms. The standard InChI is InChI=1S/C18H22ClN/c1-12-5-7-15(9-14(12)3)10-18(20-4)17-11-16(19)8-6-13(17)2/h5-9,11,18,20H,10H2,1-4H3. The minimum atomic E-state index is 0.288. The smallest absolute Gasteiger partial charge is 0.0409 e. The van der Waals surface area contributed by atoms with Crippen LogP contribution >= 0.6 is 11.6 Å². The molecule has 0 heterocycles. The molecule has 1 nitrogen and oxygen atoms in total. The molecule has 2 aromatic carbocycles. The number of nitrogens with one attached hydrogen (secondary N) is 1. The predicted molar refractivity (Wildman–Crippen MR) is 87.6 cm³/mol. The van der Waals surface area contributed by atoms with Gasteiger partial charge in [0.05, 0.1) is 0 Å². The van der Waals surface area contributed by atoms with Crippen LogP contribution < -0.4 is 5.32 Å². The topological polar surface area (TPSA) is 12.0 Å². The van der Waals surface area contributed by atoms with E-state index in [9.17, 15) is 0 Å². The van der Waals surface area contributed by atoms with Crippen LogP contribution in [0.3, 0.4) is 0 Å². The molecule has 1 N–H and O–H groups in total. The summed E-state index contributed by atoms with van der Waals surface area (Å²) < 4.78 is 0. The maximum Gasteiger partial charge on any atom is 0.0409 e. The molecular formula is C18H22ClN. The molecule has 0 saturated heterocycles. The lowest BCUT2D eigenvalue weighted by Crippen LogP contribution is -2.20. The average molecular weight is 288 g/mol. The van der Waals surface area contributed by atoms with E-state index in [-0.39, 0.29) is 6.04 Å². The van der Waals surface area contributed by atoms with Gasteiger partial charge in [-0.25, -0.2) is 0 Å². The normalized spacial score (nSPS) is 12.4. The first-order valence-corrected chi connectivity index (χ1v) is 7.38. The Bertz CT molecular complexity index is 604. The molecule has 2 rings (SSSR count). The van der Waals surface area contributed by atoms with Crippen molar-refractivity contribution in [1.29, 1.82) is 0 Å². The van der Waals surface area contributed by atoms with Crippen LogP contribution in [-0.4, -0.2) is 7.05 Å². The van der Waals surface area contributed by atoms with Gasteiger partial charge in [-0.1, -0.05) is 35.9 Å². The second-order valence-corrected chi connectivity index (χ2v) is 5.90. The van der Waals surface area contributed by atoms with Gasteiger partial charge in [-0.15, -0.1) is 0 Å². The molecule has 0 bridgehead atoms. The van der Waals surface area contributed by atoms with Gasteiger partial charge in [-0.05, 0) is 74.2 Å². The van der Waals surface area contributed by atoms with Gasteiger partial charge < -0.3 is 5.32 Å². The van der Waals surface area contributed by atoms with Crippen LogP contribution in [0.4, 0.5) is 0 Å². The largest absolute Gasteiger partial charge is 0.313 e. The quantitative estimate of drug-likeness (QED) is 0.854. The first-order chi connectivity index (χ1) is 9.51. The molecule has 0 radical (unpaired) electrons. The van der Waals surface area contributed by atoms with Crippen molar-refractivity contribution in [1.82, 2.24) is 5.32 Å². The number of hydrogen-bond acceptors (Lipinski definition) is 1. The minimum absolute atomic E-state index is 0.288. The highest BCUT2D eigenvalue weighted by Crippen LogP contribution is 2.25. The van der Waals surface area contributed by atoms with E-state index < -0.39 is 0 Å².